The Balaban J connectivity index is 1.95. The fourth-order valence-electron chi connectivity index (χ4n) is 1.83. The lowest BCUT2D eigenvalue weighted by molar-refractivity contribution is -0.137. The van der Waals surface area contributed by atoms with Crippen LogP contribution in [0.1, 0.15) is 26.2 Å². The van der Waals surface area contributed by atoms with E-state index in [2.05, 4.69) is 0 Å². The lowest BCUT2D eigenvalue weighted by Crippen LogP contribution is -2.09. The average Bonchev–Trinajstić information content (AvgIpc) is 2.84. The summed E-state index contributed by atoms with van der Waals surface area (Å²) in [6.45, 7) is 2.26. The molecular formula is C10H14O3. The van der Waals surface area contributed by atoms with Gasteiger partial charge in [-0.05, 0) is 31.8 Å². The zero-order chi connectivity index (χ0) is 9.26. The maximum absolute atomic E-state index is 11.1. The van der Waals surface area contributed by atoms with Gasteiger partial charge < -0.3 is 9.47 Å². The summed E-state index contributed by atoms with van der Waals surface area (Å²) in [5.41, 5.74) is 1.12. The van der Waals surface area contributed by atoms with Gasteiger partial charge in [0, 0.05) is 6.08 Å². The molecule has 2 aliphatic rings. The molecule has 0 aromatic carbocycles. The van der Waals surface area contributed by atoms with Crippen LogP contribution in [-0.4, -0.2) is 24.8 Å². The molecule has 0 aromatic rings. The third kappa shape index (κ3) is 1.91. The second kappa shape index (κ2) is 3.50. The monoisotopic (exact) mass is 182 g/mol. The van der Waals surface area contributed by atoms with Crippen LogP contribution in [0.2, 0.25) is 0 Å². The Morgan fingerprint density at radius 3 is 3.38 bits per heavy atom. The van der Waals surface area contributed by atoms with Gasteiger partial charge in [0.15, 0.2) is 0 Å². The first-order valence-electron chi connectivity index (χ1n) is 4.84. The largest absolute Gasteiger partial charge is 0.463 e. The van der Waals surface area contributed by atoms with Gasteiger partial charge in [0.2, 0.25) is 0 Å². The van der Waals surface area contributed by atoms with E-state index in [1.807, 2.05) is 6.92 Å². The van der Waals surface area contributed by atoms with Crippen LogP contribution in [-0.2, 0) is 14.3 Å². The summed E-state index contributed by atoms with van der Waals surface area (Å²) in [4.78, 5) is 11.1. The fourth-order valence-corrected chi connectivity index (χ4v) is 1.83. The Morgan fingerprint density at radius 1 is 1.77 bits per heavy atom. The normalized spacial score (nSPS) is 34.1. The molecule has 1 aliphatic heterocycles. The van der Waals surface area contributed by atoms with E-state index < -0.39 is 0 Å². The zero-order valence-corrected chi connectivity index (χ0v) is 7.79. The van der Waals surface area contributed by atoms with Crippen LogP contribution in [0.4, 0.5) is 0 Å². The molecule has 0 aromatic heterocycles. The predicted molar refractivity (Wildman–Crippen MR) is 47.2 cm³/mol. The average molecular weight is 182 g/mol. The summed E-state index contributed by atoms with van der Waals surface area (Å²) in [5.74, 6) is -0.228. The van der Waals surface area contributed by atoms with E-state index in [-0.39, 0.29) is 12.1 Å². The number of ether oxygens (including phenoxy) is 2. The molecule has 3 heteroatoms. The van der Waals surface area contributed by atoms with E-state index >= 15 is 0 Å². The number of esters is 1. The van der Waals surface area contributed by atoms with Crippen molar-refractivity contribution in [2.45, 2.75) is 38.4 Å². The van der Waals surface area contributed by atoms with Gasteiger partial charge in [0.25, 0.3) is 0 Å². The van der Waals surface area contributed by atoms with Gasteiger partial charge >= 0.3 is 5.97 Å². The lowest BCUT2D eigenvalue weighted by Gasteiger charge is -2.08. The summed E-state index contributed by atoms with van der Waals surface area (Å²) in [6.07, 6.45) is 5.50. The molecule has 3 nitrogen and oxygen atoms in total. The number of carbonyl (C=O) groups is 1. The van der Waals surface area contributed by atoms with Gasteiger partial charge in [-0.3, -0.25) is 0 Å². The highest BCUT2D eigenvalue weighted by atomic mass is 16.6. The summed E-state index contributed by atoms with van der Waals surface area (Å²) >= 11 is 0. The van der Waals surface area contributed by atoms with Crippen molar-refractivity contribution in [2.75, 3.05) is 6.61 Å². The SMILES string of the molecule is CCOC(=O)/C=C1\CCCC2OC12. The topological polar surface area (TPSA) is 38.8 Å². The van der Waals surface area contributed by atoms with Crippen LogP contribution in [0.15, 0.2) is 11.6 Å². The first kappa shape index (κ1) is 8.75. The van der Waals surface area contributed by atoms with E-state index in [1.54, 1.807) is 6.08 Å². The Hall–Kier alpha value is -0.830. The van der Waals surface area contributed by atoms with Gasteiger partial charge in [-0.15, -0.1) is 0 Å². The van der Waals surface area contributed by atoms with Crippen molar-refractivity contribution in [2.24, 2.45) is 0 Å². The molecule has 1 heterocycles. The highest BCUT2D eigenvalue weighted by Gasteiger charge is 2.43. The molecule has 2 rings (SSSR count). The molecule has 2 atom stereocenters. The molecule has 1 saturated heterocycles. The Kier molecular flexibility index (Phi) is 2.36. The second-order valence-corrected chi connectivity index (χ2v) is 3.46. The molecule has 0 spiro atoms. The molecule has 0 radical (unpaired) electrons. The Morgan fingerprint density at radius 2 is 2.62 bits per heavy atom. The summed E-state index contributed by atoms with van der Waals surface area (Å²) in [6, 6.07) is 0. The minimum absolute atomic E-state index is 0.228. The highest BCUT2D eigenvalue weighted by molar-refractivity contribution is 5.83. The number of epoxide rings is 1. The van der Waals surface area contributed by atoms with Crippen LogP contribution in [0.5, 0.6) is 0 Å². The van der Waals surface area contributed by atoms with Gasteiger partial charge in [0.1, 0.15) is 6.10 Å². The van der Waals surface area contributed by atoms with E-state index in [4.69, 9.17) is 9.47 Å². The molecule has 1 aliphatic carbocycles. The van der Waals surface area contributed by atoms with Crippen molar-refractivity contribution < 1.29 is 14.3 Å². The number of hydrogen-bond donors (Lipinski definition) is 0. The quantitative estimate of drug-likeness (QED) is 0.368. The van der Waals surface area contributed by atoms with Crippen LogP contribution in [0.3, 0.4) is 0 Å². The van der Waals surface area contributed by atoms with Gasteiger partial charge in [-0.2, -0.15) is 0 Å². The zero-order valence-electron chi connectivity index (χ0n) is 7.79. The first-order valence-corrected chi connectivity index (χ1v) is 4.84. The standard InChI is InChI=1S/C10H14O3/c1-2-12-9(11)6-7-4-3-5-8-10(7)13-8/h6,8,10H,2-5H2,1H3/b7-6+. The maximum atomic E-state index is 11.1. The molecule has 13 heavy (non-hydrogen) atoms. The Labute approximate surface area is 77.7 Å². The van der Waals surface area contributed by atoms with Crippen molar-refractivity contribution in [3.63, 3.8) is 0 Å². The van der Waals surface area contributed by atoms with Gasteiger partial charge in [-0.1, -0.05) is 0 Å². The van der Waals surface area contributed by atoms with Crippen molar-refractivity contribution in [1.29, 1.82) is 0 Å². The molecule has 0 bridgehead atoms. The van der Waals surface area contributed by atoms with E-state index in [0.717, 1.165) is 24.8 Å². The Bertz CT molecular complexity index is 245. The summed E-state index contributed by atoms with van der Waals surface area (Å²) in [5, 5.41) is 0. The third-order valence-corrected chi connectivity index (χ3v) is 2.49. The summed E-state index contributed by atoms with van der Waals surface area (Å²) in [7, 11) is 0. The molecule has 0 amide bonds. The fraction of sp³-hybridized carbons (Fsp3) is 0.700. The molecule has 2 unspecified atom stereocenters. The summed E-state index contributed by atoms with van der Waals surface area (Å²) < 4.78 is 10.2. The highest BCUT2D eigenvalue weighted by Crippen LogP contribution is 2.40. The smallest absolute Gasteiger partial charge is 0.330 e. The number of fused-ring (bicyclic) bond motifs is 1. The lowest BCUT2D eigenvalue weighted by atomic mass is 9.95. The van der Waals surface area contributed by atoms with Crippen molar-refractivity contribution in [3.8, 4) is 0 Å². The van der Waals surface area contributed by atoms with Crippen molar-refractivity contribution >= 4 is 5.97 Å². The van der Waals surface area contributed by atoms with Crippen molar-refractivity contribution in [1.82, 2.24) is 0 Å². The minimum Gasteiger partial charge on any atom is -0.463 e. The second-order valence-electron chi connectivity index (χ2n) is 3.46. The van der Waals surface area contributed by atoms with Gasteiger partial charge in [-0.25, -0.2) is 4.79 Å². The van der Waals surface area contributed by atoms with Crippen molar-refractivity contribution in [3.05, 3.63) is 11.6 Å². The van der Waals surface area contributed by atoms with Crippen LogP contribution >= 0.6 is 0 Å². The number of hydrogen-bond acceptors (Lipinski definition) is 3. The minimum atomic E-state index is -0.228. The van der Waals surface area contributed by atoms with E-state index in [1.165, 1.54) is 0 Å². The predicted octanol–water partition coefficient (Wildman–Crippen LogP) is 1.43. The molecule has 1 saturated carbocycles. The molecule has 72 valence electrons. The maximum Gasteiger partial charge on any atom is 0.330 e. The third-order valence-electron chi connectivity index (χ3n) is 2.49. The van der Waals surface area contributed by atoms with Crippen LogP contribution < -0.4 is 0 Å². The van der Waals surface area contributed by atoms with E-state index in [0.29, 0.717) is 12.7 Å². The first-order chi connectivity index (χ1) is 6.31. The van der Waals surface area contributed by atoms with E-state index in [9.17, 15) is 4.79 Å². The van der Waals surface area contributed by atoms with Gasteiger partial charge in [0.05, 0.1) is 12.7 Å². The van der Waals surface area contributed by atoms with Crippen LogP contribution in [0.25, 0.3) is 0 Å². The number of rotatable bonds is 2. The van der Waals surface area contributed by atoms with Crippen LogP contribution in [0, 0.1) is 0 Å². The molecule has 0 N–H and O–H groups in total. The number of carbonyl (C=O) groups excluding carboxylic acids is 1. The molecule has 2 fully saturated rings. The molecular weight excluding hydrogens is 168 g/mol.